The summed E-state index contributed by atoms with van der Waals surface area (Å²) in [6.45, 7) is 0.391. The van der Waals surface area contributed by atoms with Crippen molar-refractivity contribution in [3.05, 3.63) is 56.2 Å². The molecule has 0 aliphatic heterocycles. The molecule has 2 rings (SSSR count). The third-order valence-electron chi connectivity index (χ3n) is 2.77. The van der Waals surface area contributed by atoms with Crippen LogP contribution in [0.4, 0.5) is 10.1 Å². The molecule has 3 N–H and O–H groups in total. The van der Waals surface area contributed by atoms with Crippen molar-refractivity contribution in [2.75, 3.05) is 5.32 Å². The first kappa shape index (κ1) is 15.8. The molecule has 0 spiro atoms. The third kappa shape index (κ3) is 3.74. The van der Waals surface area contributed by atoms with Gasteiger partial charge in [-0.3, -0.25) is 0 Å². The first-order chi connectivity index (χ1) is 9.88. The topological polar surface area (TPSA) is 69.6 Å². The van der Waals surface area contributed by atoms with Gasteiger partial charge in [0.05, 0.1) is 14.5 Å². The molecule has 0 aliphatic carbocycles. The van der Waals surface area contributed by atoms with Crippen molar-refractivity contribution in [1.82, 2.24) is 0 Å². The number of nitrogens with one attached hydrogen (secondary N) is 1. The fourth-order valence-corrected chi connectivity index (χ4v) is 3.00. The molecule has 110 valence electrons. The Morgan fingerprint density at radius 1 is 1.19 bits per heavy atom. The predicted molar refractivity (Wildman–Crippen MR) is 84.2 cm³/mol. The zero-order chi connectivity index (χ0) is 15.6. The van der Waals surface area contributed by atoms with Gasteiger partial charge in [-0.2, -0.15) is 0 Å². The molecule has 0 atom stereocenters. The van der Waals surface area contributed by atoms with Crippen LogP contribution in [0, 0.1) is 5.82 Å². The van der Waals surface area contributed by atoms with Crippen LogP contribution in [0.25, 0.3) is 0 Å². The number of aromatic carboxylic acids is 1. The van der Waals surface area contributed by atoms with Gasteiger partial charge >= 0.3 is 5.97 Å². The van der Waals surface area contributed by atoms with Crippen molar-refractivity contribution in [2.24, 2.45) is 0 Å². The van der Waals surface area contributed by atoms with E-state index in [-0.39, 0.29) is 11.3 Å². The average molecular weight is 419 g/mol. The van der Waals surface area contributed by atoms with Crippen LogP contribution in [0.15, 0.2) is 39.3 Å². The molecule has 21 heavy (non-hydrogen) atoms. The fraction of sp³-hybridized carbons (Fsp3) is 0.0714. The Morgan fingerprint density at radius 2 is 1.81 bits per heavy atom. The maximum absolute atomic E-state index is 13.3. The van der Waals surface area contributed by atoms with E-state index in [0.717, 1.165) is 11.6 Å². The van der Waals surface area contributed by atoms with Gasteiger partial charge < -0.3 is 15.5 Å². The summed E-state index contributed by atoms with van der Waals surface area (Å²) in [5.74, 6) is -1.98. The molecular weight excluding hydrogens is 409 g/mol. The lowest BCUT2D eigenvalue weighted by Crippen LogP contribution is -2.04. The minimum Gasteiger partial charge on any atom is -0.506 e. The number of halogens is 3. The summed E-state index contributed by atoms with van der Waals surface area (Å²) < 4.78 is 14.4. The molecule has 7 heteroatoms. The van der Waals surface area contributed by atoms with Crippen LogP contribution in [0.5, 0.6) is 5.75 Å². The van der Waals surface area contributed by atoms with E-state index < -0.39 is 11.8 Å². The Morgan fingerprint density at radius 3 is 2.38 bits per heavy atom. The largest absolute Gasteiger partial charge is 0.506 e. The van der Waals surface area contributed by atoms with Gasteiger partial charge in [0.2, 0.25) is 0 Å². The summed E-state index contributed by atoms with van der Waals surface area (Å²) in [5, 5.41) is 21.5. The number of carbonyl (C=O) groups is 1. The summed E-state index contributed by atoms with van der Waals surface area (Å²) in [4.78, 5) is 10.9. The molecule has 0 aromatic heterocycles. The second-order valence-electron chi connectivity index (χ2n) is 4.26. The predicted octanol–water partition coefficient (Wildman–Crippen LogP) is 4.37. The van der Waals surface area contributed by atoms with E-state index in [1.165, 1.54) is 12.1 Å². The van der Waals surface area contributed by atoms with Crippen LogP contribution in [0.1, 0.15) is 15.9 Å². The molecule has 2 aromatic carbocycles. The number of phenolic OH excluding ortho intramolecular Hbond substituents is 1. The lowest BCUT2D eigenvalue weighted by molar-refractivity contribution is 0.0692. The highest BCUT2D eigenvalue weighted by Crippen LogP contribution is 2.33. The summed E-state index contributed by atoms with van der Waals surface area (Å²) in [6, 6.07) is 7.27. The van der Waals surface area contributed by atoms with Crippen molar-refractivity contribution >= 4 is 43.5 Å². The number of hydrogen-bond donors (Lipinski definition) is 3. The highest BCUT2D eigenvalue weighted by atomic mass is 79.9. The van der Waals surface area contributed by atoms with Gasteiger partial charge in [0.15, 0.2) is 0 Å². The monoisotopic (exact) mass is 417 g/mol. The van der Waals surface area contributed by atoms with Crippen molar-refractivity contribution < 1.29 is 19.4 Å². The molecule has 0 heterocycles. The number of anilines is 1. The number of hydrogen-bond acceptors (Lipinski definition) is 3. The zero-order valence-electron chi connectivity index (χ0n) is 10.5. The van der Waals surface area contributed by atoms with Gasteiger partial charge in [-0.15, -0.1) is 0 Å². The second-order valence-corrected chi connectivity index (χ2v) is 5.97. The molecule has 0 saturated heterocycles. The molecule has 0 unspecified atom stereocenters. The molecule has 0 aliphatic rings. The Labute approximate surface area is 136 Å². The Balaban J connectivity index is 2.17. The number of benzene rings is 2. The van der Waals surface area contributed by atoms with Gasteiger partial charge in [0.25, 0.3) is 0 Å². The molecule has 0 saturated carbocycles. The van der Waals surface area contributed by atoms with E-state index in [4.69, 9.17) is 5.11 Å². The minimum atomic E-state index is -1.31. The number of carboxylic acids is 1. The normalized spacial score (nSPS) is 10.4. The van der Waals surface area contributed by atoms with Crippen LogP contribution >= 0.6 is 31.9 Å². The lowest BCUT2D eigenvalue weighted by atomic mass is 10.1. The first-order valence-corrected chi connectivity index (χ1v) is 7.40. The second kappa shape index (κ2) is 6.44. The number of rotatable bonds is 4. The molecular formula is C14H10Br2FNO3. The lowest BCUT2D eigenvalue weighted by Gasteiger charge is -2.10. The van der Waals surface area contributed by atoms with Gasteiger partial charge in [-0.25, -0.2) is 9.18 Å². The van der Waals surface area contributed by atoms with Crippen molar-refractivity contribution in [1.29, 1.82) is 0 Å². The summed E-state index contributed by atoms with van der Waals surface area (Å²) in [6.07, 6.45) is 0. The van der Waals surface area contributed by atoms with Crippen molar-refractivity contribution in [3.8, 4) is 5.75 Å². The smallest absolute Gasteiger partial charge is 0.338 e. The van der Waals surface area contributed by atoms with Crippen LogP contribution in [0.3, 0.4) is 0 Å². The maximum atomic E-state index is 13.3. The van der Waals surface area contributed by atoms with Gasteiger partial charge in [-0.05, 0) is 67.8 Å². The summed E-state index contributed by atoms with van der Waals surface area (Å²) in [7, 11) is 0. The average Bonchev–Trinajstić information content (AvgIpc) is 2.43. The van der Waals surface area contributed by atoms with E-state index in [1.807, 2.05) is 0 Å². The maximum Gasteiger partial charge on any atom is 0.338 e. The highest BCUT2D eigenvalue weighted by molar-refractivity contribution is 9.11. The standard InChI is InChI=1S/C14H10Br2FNO3/c15-10-3-7(4-11(16)13(10)19)6-18-8-1-2-12(17)9(5-8)14(20)21/h1-5,18-19H,6H2,(H,20,21). The van der Waals surface area contributed by atoms with E-state index in [2.05, 4.69) is 37.2 Å². The highest BCUT2D eigenvalue weighted by Gasteiger charge is 2.11. The summed E-state index contributed by atoms with van der Waals surface area (Å²) >= 11 is 6.46. The van der Waals surface area contributed by atoms with Crippen LogP contribution in [0.2, 0.25) is 0 Å². The van der Waals surface area contributed by atoms with E-state index in [1.54, 1.807) is 12.1 Å². The van der Waals surface area contributed by atoms with Crippen LogP contribution in [-0.4, -0.2) is 16.2 Å². The zero-order valence-corrected chi connectivity index (χ0v) is 13.7. The van der Waals surface area contributed by atoms with Crippen molar-refractivity contribution in [2.45, 2.75) is 6.54 Å². The van der Waals surface area contributed by atoms with E-state index in [0.29, 0.717) is 21.2 Å². The third-order valence-corrected chi connectivity index (χ3v) is 3.98. The van der Waals surface area contributed by atoms with Gasteiger partial charge in [-0.1, -0.05) is 0 Å². The molecule has 0 fully saturated rings. The molecule has 2 aromatic rings. The summed E-state index contributed by atoms with van der Waals surface area (Å²) in [5.41, 5.74) is 0.968. The Hall–Kier alpha value is -1.60. The van der Waals surface area contributed by atoms with E-state index >= 15 is 0 Å². The first-order valence-electron chi connectivity index (χ1n) is 5.82. The Kier molecular flexibility index (Phi) is 4.84. The minimum absolute atomic E-state index is 0.105. The SMILES string of the molecule is O=C(O)c1cc(NCc2cc(Br)c(O)c(Br)c2)ccc1F. The van der Waals surface area contributed by atoms with Crippen LogP contribution in [-0.2, 0) is 6.54 Å². The van der Waals surface area contributed by atoms with E-state index in [9.17, 15) is 14.3 Å². The van der Waals surface area contributed by atoms with Gasteiger partial charge in [0, 0.05) is 12.2 Å². The molecule has 0 bridgehead atoms. The Bertz CT molecular complexity index is 684. The van der Waals surface area contributed by atoms with Crippen LogP contribution < -0.4 is 5.32 Å². The molecule has 0 amide bonds. The molecule has 0 radical (unpaired) electrons. The number of carboxylic acid groups (broad SMARTS) is 1. The number of aromatic hydroxyl groups is 1. The van der Waals surface area contributed by atoms with Gasteiger partial charge in [0.1, 0.15) is 11.6 Å². The van der Waals surface area contributed by atoms with Crippen molar-refractivity contribution in [3.63, 3.8) is 0 Å². The number of phenols is 1. The molecule has 4 nitrogen and oxygen atoms in total. The fourth-order valence-electron chi connectivity index (χ4n) is 1.72. The quantitative estimate of drug-likeness (QED) is 0.689.